The topological polar surface area (TPSA) is 77.8 Å². The quantitative estimate of drug-likeness (QED) is 0.718. The molecule has 6 heteroatoms. The van der Waals surface area contributed by atoms with Gasteiger partial charge in [-0.3, -0.25) is 0 Å². The summed E-state index contributed by atoms with van der Waals surface area (Å²) in [5.74, 6) is 1.67. The van der Waals surface area contributed by atoms with Crippen LogP contribution in [0.3, 0.4) is 0 Å². The highest BCUT2D eigenvalue weighted by Gasteiger charge is 1.68. The first-order valence-electron chi connectivity index (χ1n) is 5.84. The Hall–Kier alpha value is -1.72. The van der Waals surface area contributed by atoms with Gasteiger partial charge < -0.3 is 8.94 Å². The molecule has 104 valence electrons. The van der Waals surface area contributed by atoms with Crippen molar-refractivity contribution in [3.63, 3.8) is 0 Å². The molecule has 0 fully saturated rings. The van der Waals surface area contributed by atoms with Crippen molar-refractivity contribution in [3.05, 3.63) is 25.5 Å². The molecule has 2 aromatic rings. The van der Waals surface area contributed by atoms with Crippen LogP contribution in [0.15, 0.2) is 34.4 Å². The van der Waals surface area contributed by atoms with Gasteiger partial charge in [-0.2, -0.15) is 0 Å². The molecule has 2 rings (SSSR count). The molecule has 0 amide bonds. The highest BCUT2D eigenvalue weighted by atomic mass is 16.5. The minimum absolute atomic E-state index is 0.833. The Bertz CT molecular complexity index is 222. The Kier molecular flexibility index (Phi) is 15.8. The lowest BCUT2D eigenvalue weighted by atomic mass is 10.3. The molecule has 18 heavy (non-hydrogen) atoms. The van der Waals surface area contributed by atoms with Crippen molar-refractivity contribution in [3.8, 4) is 0 Å². The Morgan fingerprint density at radius 2 is 1.22 bits per heavy atom. The molecule has 0 aliphatic carbocycles. The third-order valence-electron chi connectivity index (χ3n) is 0.565. The van der Waals surface area contributed by atoms with Gasteiger partial charge in [-0.15, -0.1) is 10.2 Å². The Morgan fingerprint density at radius 1 is 0.778 bits per heavy atom. The van der Waals surface area contributed by atoms with E-state index in [1.807, 2.05) is 0 Å². The van der Waals surface area contributed by atoms with Gasteiger partial charge in [0.05, 0.1) is 0 Å². The van der Waals surface area contributed by atoms with Crippen molar-refractivity contribution < 1.29 is 8.94 Å². The maximum atomic E-state index is 4.36. The fourth-order valence-electron chi connectivity index (χ4n) is 0.272. The molecule has 2 aromatic heterocycles. The van der Waals surface area contributed by atoms with E-state index in [2.05, 4.69) is 70.8 Å². The molecule has 2 heterocycles. The number of hydrogen-bond acceptors (Lipinski definition) is 6. The van der Waals surface area contributed by atoms with Crippen LogP contribution in [-0.2, 0) is 0 Å². The van der Waals surface area contributed by atoms with E-state index in [1.54, 1.807) is 0 Å². The second-order valence-electron chi connectivity index (χ2n) is 4.62. The fraction of sp³-hybridized carbons (Fsp3) is 0.667. The summed E-state index contributed by atoms with van der Waals surface area (Å²) in [5, 5.41) is 9.85. The molecule has 0 saturated heterocycles. The lowest BCUT2D eigenvalue weighted by Crippen LogP contribution is -1.66. The average Bonchev–Trinajstić information content (AvgIpc) is 2.96. The van der Waals surface area contributed by atoms with Crippen molar-refractivity contribution in [1.29, 1.82) is 0 Å². The van der Waals surface area contributed by atoms with Gasteiger partial charge in [0.2, 0.25) is 19.2 Å². The first kappa shape index (κ1) is 18.6. The van der Waals surface area contributed by atoms with Gasteiger partial charge in [0.25, 0.3) is 0 Å². The van der Waals surface area contributed by atoms with Crippen molar-refractivity contribution in [2.24, 2.45) is 11.8 Å². The number of rotatable bonds is 0. The van der Waals surface area contributed by atoms with E-state index in [0.717, 1.165) is 11.8 Å². The summed E-state index contributed by atoms with van der Waals surface area (Å²) in [6, 6.07) is 0. The lowest BCUT2D eigenvalue weighted by Gasteiger charge is -1.79. The van der Waals surface area contributed by atoms with Crippen LogP contribution >= 0.6 is 0 Å². The summed E-state index contributed by atoms with van der Waals surface area (Å²) in [7, 11) is 0. The molecule has 0 radical (unpaired) electrons. The normalized spacial score (nSPS) is 8.44. The van der Waals surface area contributed by atoms with E-state index < -0.39 is 0 Å². The molecule has 0 unspecified atom stereocenters. The van der Waals surface area contributed by atoms with Crippen LogP contribution in [0, 0.1) is 11.8 Å². The number of hydrogen-bond donors (Lipinski definition) is 0. The molecule has 0 aromatic carbocycles. The van der Waals surface area contributed by atoms with Gasteiger partial charge in [0, 0.05) is 0 Å². The SMILES string of the molecule is CC(C)C.CC(C)C.c1ncon1.c1nnco1. The monoisotopic (exact) mass is 256 g/mol. The third-order valence-corrected chi connectivity index (χ3v) is 0.565. The third kappa shape index (κ3) is 36.7. The maximum Gasteiger partial charge on any atom is 0.213 e. The van der Waals surface area contributed by atoms with E-state index in [-0.39, 0.29) is 0 Å². The van der Waals surface area contributed by atoms with E-state index >= 15 is 0 Å². The zero-order valence-electron chi connectivity index (χ0n) is 12.1. The van der Waals surface area contributed by atoms with Gasteiger partial charge >= 0.3 is 0 Å². The van der Waals surface area contributed by atoms with E-state index in [9.17, 15) is 0 Å². The lowest BCUT2D eigenvalue weighted by molar-refractivity contribution is 0.416. The van der Waals surface area contributed by atoms with Gasteiger partial charge in [-0.1, -0.05) is 46.7 Å². The van der Waals surface area contributed by atoms with Gasteiger partial charge in [-0.25, -0.2) is 4.98 Å². The van der Waals surface area contributed by atoms with Crippen molar-refractivity contribution in [2.75, 3.05) is 0 Å². The summed E-state index contributed by atoms with van der Waals surface area (Å²) >= 11 is 0. The number of nitrogens with zero attached hydrogens (tertiary/aromatic N) is 4. The van der Waals surface area contributed by atoms with E-state index in [4.69, 9.17) is 0 Å². The molecule has 0 aliphatic heterocycles. The Balaban J connectivity index is 0. The highest BCUT2D eigenvalue weighted by molar-refractivity contribution is 4.35. The van der Waals surface area contributed by atoms with Crippen molar-refractivity contribution in [1.82, 2.24) is 20.3 Å². The van der Waals surface area contributed by atoms with E-state index in [0.29, 0.717) is 0 Å². The summed E-state index contributed by atoms with van der Waals surface area (Å²) in [4.78, 5) is 3.44. The largest absolute Gasteiger partial charge is 0.431 e. The summed E-state index contributed by atoms with van der Waals surface area (Å²) in [5.41, 5.74) is 0. The summed E-state index contributed by atoms with van der Waals surface area (Å²) in [6.07, 6.45) is 5.12. The zero-order chi connectivity index (χ0) is 14.2. The van der Waals surface area contributed by atoms with Crippen molar-refractivity contribution in [2.45, 2.75) is 41.5 Å². The molecule has 0 saturated carbocycles. The van der Waals surface area contributed by atoms with Gasteiger partial charge in [0.15, 0.2) is 6.33 Å². The number of aromatic nitrogens is 4. The van der Waals surface area contributed by atoms with Gasteiger partial charge in [-0.05, 0) is 11.8 Å². The minimum Gasteiger partial charge on any atom is -0.431 e. The van der Waals surface area contributed by atoms with Crippen molar-refractivity contribution >= 4 is 0 Å². The standard InChI is InChI=1S/2C4H10.2C2H2N2O/c2*1-4(2)3;1-3-4-2-5-1;1-3-2-5-4-1/h2*4H,1-3H3;2*1-2H. The van der Waals surface area contributed by atoms with Crippen LogP contribution in [0.25, 0.3) is 0 Å². The summed E-state index contributed by atoms with van der Waals surface area (Å²) in [6.45, 7) is 13.0. The highest BCUT2D eigenvalue weighted by Crippen LogP contribution is 1.81. The molecule has 0 atom stereocenters. The molecular weight excluding hydrogens is 232 g/mol. The van der Waals surface area contributed by atoms with Crippen LogP contribution in [0.4, 0.5) is 0 Å². The first-order valence-corrected chi connectivity index (χ1v) is 5.84. The predicted octanol–water partition coefficient (Wildman–Crippen LogP) is 3.46. The molecule has 0 aliphatic rings. The van der Waals surface area contributed by atoms with Gasteiger partial charge in [0.1, 0.15) is 0 Å². The average molecular weight is 256 g/mol. The molecular formula is C12H24N4O2. The minimum atomic E-state index is 0.833. The van der Waals surface area contributed by atoms with Crippen LogP contribution in [0.5, 0.6) is 0 Å². The second kappa shape index (κ2) is 15.3. The molecule has 6 nitrogen and oxygen atoms in total. The Morgan fingerprint density at radius 3 is 1.33 bits per heavy atom. The van der Waals surface area contributed by atoms with Crippen LogP contribution in [-0.4, -0.2) is 20.3 Å². The van der Waals surface area contributed by atoms with Crippen LogP contribution in [0.1, 0.15) is 41.5 Å². The Labute approximate surface area is 109 Å². The zero-order valence-corrected chi connectivity index (χ0v) is 12.1. The molecule has 0 bridgehead atoms. The molecule has 0 N–H and O–H groups in total. The predicted molar refractivity (Wildman–Crippen MR) is 69.6 cm³/mol. The summed E-state index contributed by atoms with van der Waals surface area (Å²) < 4.78 is 8.58. The molecule has 0 spiro atoms. The maximum absolute atomic E-state index is 4.36. The smallest absolute Gasteiger partial charge is 0.213 e. The fourth-order valence-corrected chi connectivity index (χ4v) is 0.272. The van der Waals surface area contributed by atoms with E-state index in [1.165, 1.54) is 25.5 Å². The second-order valence-corrected chi connectivity index (χ2v) is 4.62. The van der Waals surface area contributed by atoms with Crippen LogP contribution < -0.4 is 0 Å². The first-order chi connectivity index (χ1) is 8.46. The van der Waals surface area contributed by atoms with Crippen LogP contribution in [0.2, 0.25) is 0 Å².